The van der Waals surface area contributed by atoms with E-state index < -0.39 is 0 Å². The Labute approximate surface area is 153 Å². The summed E-state index contributed by atoms with van der Waals surface area (Å²) in [4.78, 5) is 40.2. The molecule has 0 radical (unpaired) electrons. The second kappa shape index (κ2) is 7.76. The molecule has 0 unspecified atom stereocenters. The van der Waals surface area contributed by atoms with Gasteiger partial charge >= 0.3 is 0 Å². The van der Waals surface area contributed by atoms with Crippen LogP contribution in [0, 0.1) is 12.8 Å². The van der Waals surface area contributed by atoms with Crippen molar-refractivity contribution in [3.05, 3.63) is 29.3 Å². The predicted molar refractivity (Wildman–Crippen MR) is 98.9 cm³/mol. The van der Waals surface area contributed by atoms with Gasteiger partial charge in [-0.05, 0) is 31.9 Å². The Hall–Kier alpha value is -2.57. The number of piperazine rings is 1. The molecule has 7 heteroatoms. The maximum atomic E-state index is 12.5. The van der Waals surface area contributed by atoms with E-state index >= 15 is 0 Å². The number of anilines is 1. The number of carbonyl (C=O) groups excluding carboxylic acids is 3. The number of aryl methyl sites for hydroxylation is 1. The van der Waals surface area contributed by atoms with Crippen LogP contribution in [-0.2, 0) is 9.59 Å². The SMILES string of the molecule is CNC(=O)c1cc(C)ccc1NCC(=O)N1CCN(C(=O)C2CC2)CC1. The van der Waals surface area contributed by atoms with E-state index in [1.54, 1.807) is 18.0 Å². The van der Waals surface area contributed by atoms with E-state index in [0.29, 0.717) is 37.4 Å². The van der Waals surface area contributed by atoms with Crippen LogP contribution in [-0.4, -0.2) is 67.3 Å². The third-order valence-corrected chi connectivity index (χ3v) is 4.95. The highest BCUT2D eigenvalue weighted by molar-refractivity contribution is 6.00. The van der Waals surface area contributed by atoms with Crippen LogP contribution in [0.1, 0.15) is 28.8 Å². The highest BCUT2D eigenvalue weighted by Gasteiger charge is 2.35. The summed E-state index contributed by atoms with van der Waals surface area (Å²) in [6.45, 7) is 4.39. The molecule has 0 aromatic heterocycles. The number of hydrogen-bond donors (Lipinski definition) is 2. The predicted octanol–water partition coefficient (Wildman–Crippen LogP) is 0.847. The fourth-order valence-corrected chi connectivity index (χ4v) is 3.18. The molecule has 140 valence electrons. The van der Waals surface area contributed by atoms with Crippen LogP contribution < -0.4 is 10.6 Å². The maximum absolute atomic E-state index is 12.5. The van der Waals surface area contributed by atoms with Gasteiger partial charge in [0.05, 0.1) is 12.1 Å². The molecule has 1 aromatic carbocycles. The van der Waals surface area contributed by atoms with Gasteiger partial charge in [0.25, 0.3) is 5.91 Å². The summed E-state index contributed by atoms with van der Waals surface area (Å²) in [5.41, 5.74) is 2.16. The van der Waals surface area contributed by atoms with Gasteiger partial charge in [-0.1, -0.05) is 11.6 Å². The molecule has 2 aliphatic rings. The van der Waals surface area contributed by atoms with E-state index in [9.17, 15) is 14.4 Å². The van der Waals surface area contributed by atoms with Crippen molar-refractivity contribution < 1.29 is 14.4 Å². The molecule has 26 heavy (non-hydrogen) atoms. The molecule has 3 amide bonds. The van der Waals surface area contributed by atoms with E-state index in [4.69, 9.17) is 0 Å². The van der Waals surface area contributed by atoms with Gasteiger partial charge in [0.1, 0.15) is 0 Å². The number of amides is 3. The molecular formula is C19H26N4O3. The largest absolute Gasteiger partial charge is 0.376 e. The minimum atomic E-state index is -0.184. The highest BCUT2D eigenvalue weighted by atomic mass is 16.2. The second-order valence-corrected chi connectivity index (χ2v) is 6.96. The zero-order chi connectivity index (χ0) is 18.7. The zero-order valence-electron chi connectivity index (χ0n) is 15.4. The molecule has 0 spiro atoms. The summed E-state index contributed by atoms with van der Waals surface area (Å²) in [7, 11) is 1.59. The quantitative estimate of drug-likeness (QED) is 0.818. The Morgan fingerprint density at radius 3 is 2.35 bits per heavy atom. The van der Waals surface area contributed by atoms with Crippen LogP contribution in [0.4, 0.5) is 5.69 Å². The lowest BCUT2D eigenvalue weighted by molar-refractivity contribution is -0.139. The topological polar surface area (TPSA) is 81.8 Å². The molecular weight excluding hydrogens is 332 g/mol. The molecule has 7 nitrogen and oxygen atoms in total. The minimum absolute atomic E-state index is 0.0213. The minimum Gasteiger partial charge on any atom is -0.376 e. The molecule has 2 N–H and O–H groups in total. The van der Waals surface area contributed by atoms with Crippen LogP contribution in [0.15, 0.2) is 18.2 Å². The van der Waals surface area contributed by atoms with Crippen molar-refractivity contribution in [3.63, 3.8) is 0 Å². The van der Waals surface area contributed by atoms with Crippen LogP contribution in [0.3, 0.4) is 0 Å². The fraction of sp³-hybridized carbons (Fsp3) is 0.526. The molecule has 1 aliphatic carbocycles. The lowest BCUT2D eigenvalue weighted by Gasteiger charge is -2.35. The molecule has 0 bridgehead atoms. The smallest absolute Gasteiger partial charge is 0.253 e. The molecule has 1 saturated heterocycles. The van der Waals surface area contributed by atoms with E-state index in [2.05, 4.69) is 10.6 Å². The molecule has 0 atom stereocenters. The third-order valence-electron chi connectivity index (χ3n) is 4.95. The van der Waals surface area contributed by atoms with Gasteiger partial charge in [-0.2, -0.15) is 0 Å². The summed E-state index contributed by atoms with van der Waals surface area (Å²) in [5, 5.41) is 5.70. The summed E-state index contributed by atoms with van der Waals surface area (Å²) in [6.07, 6.45) is 2.01. The van der Waals surface area contributed by atoms with E-state index in [1.165, 1.54) is 0 Å². The Morgan fingerprint density at radius 2 is 1.73 bits per heavy atom. The standard InChI is InChI=1S/C19H26N4O3/c1-13-3-6-16(15(11-13)18(25)20-2)21-12-17(24)22-7-9-23(10-8-22)19(26)14-4-5-14/h3,6,11,14,21H,4-5,7-10,12H2,1-2H3,(H,20,25). The van der Waals surface area contributed by atoms with E-state index in [-0.39, 0.29) is 30.2 Å². The Balaban J connectivity index is 1.53. The Bertz CT molecular complexity index is 707. The van der Waals surface area contributed by atoms with Gasteiger partial charge in [0, 0.05) is 44.8 Å². The van der Waals surface area contributed by atoms with E-state index in [0.717, 1.165) is 18.4 Å². The number of benzene rings is 1. The first-order valence-corrected chi connectivity index (χ1v) is 9.12. The van der Waals surface area contributed by atoms with E-state index in [1.807, 2.05) is 24.0 Å². The lowest BCUT2D eigenvalue weighted by atomic mass is 10.1. The van der Waals surface area contributed by atoms with Gasteiger partial charge in [-0.15, -0.1) is 0 Å². The van der Waals surface area contributed by atoms with Gasteiger partial charge < -0.3 is 20.4 Å². The molecule has 1 aromatic rings. The van der Waals surface area contributed by atoms with Gasteiger partial charge in [0.15, 0.2) is 0 Å². The molecule has 3 rings (SSSR count). The van der Waals surface area contributed by atoms with Gasteiger partial charge in [-0.25, -0.2) is 0 Å². The number of carbonyl (C=O) groups is 3. The van der Waals surface area contributed by atoms with Crippen molar-refractivity contribution in [3.8, 4) is 0 Å². The van der Waals surface area contributed by atoms with Crippen molar-refractivity contribution in [1.82, 2.24) is 15.1 Å². The van der Waals surface area contributed by atoms with Crippen LogP contribution in [0.25, 0.3) is 0 Å². The maximum Gasteiger partial charge on any atom is 0.253 e. The van der Waals surface area contributed by atoms with Crippen molar-refractivity contribution in [2.24, 2.45) is 5.92 Å². The van der Waals surface area contributed by atoms with Crippen LogP contribution in [0.5, 0.6) is 0 Å². The van der Waals surface area contributed by atoms with Crippen molar-refractivity contribution in [2.45, 2.75) is 19.8 Å². The summed E-state index contributed by atoms with van der Waals surface area (Å²) >= 11 is 0. The first kappa shape index (κ1) is 18.2. The first-order valence-electron chi connectivity index (χ1n) is 9.12. The monoisotopic (exact) mass is 358 g/mol. The zero-order valence-corrected chi connectivity index (χ0v) is 15.4. The average Bonchev–Trinajstić information content (AvgIpc) is 3.51. The van der Waals surface area contributed by atoms with Crippen LogP contribution >= 0.6 is 0 Å². The summed E-state index contributed by atoms with van der Waals surface area (Å²) in [6, 6.07) is 5.52. The third kappa shape index (κ3) is 4.15. The molecule has 1 aliphatic heterocycles. The lowest BCUT2D eigenvalue weighted by Crippen LogP contribution is -2.52. The van der Waals surface area contributed by atoms with Gasteiger partial charge in [-0.3, -0.25) is 14.4 Å². The summed E-state index contributed by atoms with van der Waals surface area (Å²) < 4.78 is 0. The number of nitrogens with zero attached hydrogens (tertiary/aromatic N) is 2. The number of nitrogens with one attached hydrogen (secondary N) is 2. The Kier molecular flexibility index (Phi) is 5.44. The number of hydrogen-bond acceptors (Lipinski definition) is 4. The molecule has 1 heterocycles. The van der Waals surface area contributed by atoms with Crippen molar-refractivity contribution >= 4 is 23.4 Å². The molecule has 1 saturated carbocycles. The summed E-state index contributed by atoms with van der Waals surface area (Å²) in [5.74, 6) is 0.261. The molecule has 2 fully saturated rings. The second-order valence-electron chi connectivity index (χ2n) is 6.96. The first-order chi connectivity index (χ1) is 12.5. The number of rotatable bonds is 5. The van der Waals surface area contributed by atoms with Crippen molar-refractivity contribution in [1.29, 1.82) is 0 Å². The Morgan fingerprint density at radius 1 is 1.08 bits per heavy atom. The van der Waals surface area contributed by atoms with Crippen LogP contribution in [0.2, 0.25) is 0 Å². The van der Waals surface area contributed by atoms with Gasteiger partial charge in [0.2, 0.25) is 11.8 Å². The van der Waals surface area contributed by atoms with Crippen molar-refractivity contribution in [2.75, 3.05) is 45.1 Å². The highest BCUT2D eigenvalue weighted by Crippen LogP contribution is 2.31. The average molecular weight is 358 g/mol. The normalized spacial score (nSPS) is 17.0. The fourth-order valence-electron chi connectivity index (χ4n) is 3.18.